The predicted octanol–water partition coefficient (Wildman–Crippen LogP) is 2.13. The standard InChI is InChI=1S/C11H11NO3S/c1-12-10-4-2-9-7-11(16(13,14)15)5-3-8(9)6-10/h2-7,12H,1H3,(H,13,14,15). The molecule has 2 N–H and O–H groups in total. The largest absolute Gasteiger partial charge is 0.388 e. The van der Waals surface area contributed by atoms with Gasteiger partial charge in [0.25, 0.3) is 10.1 Å². The van der Waals surface area contributed by atoms with Gasteiger partial charge in [0.15, 0.2) is 0 Å². The van der Waals surface area contributed by atoms with Gasteiger partial charge in [-0.25, -0.2) is 0 Å². The van der Waals surface area contributed by atoms with Crippen LogP contribution in [-0.4, -0.2) is 20.0 Å². The Bertz CT molecular complexity index is 635. The van der Waals surface area contributed by atoms with Gasteiger partial charge in [-0.1, -0.05) is 12.1 Å². The Morgan fingerprint density at radius 1 is 1.06 bits per heavy atom. The van der Waals surface area contributed by atoms with Crippen molar-refractivity contribution in [2.45, 2.75) is 4.90 Å². The Morgan fingerprint density at radius 2 is 1.69 bits per heavy atom. The van der Waals surface area contributed by atoms with Crippen LogP contribution in [0, 0.1) is 0 Å². The maximum atomic E-state index is 10.9. The van der Waals surface area contributed by atoms with Crippen LogP contribution in [0.3, 0.4) is 0 Å². The predicted molar refractivity (Wildman–Crippen MR) is 63.3 cm³/mol. The van der Waals surface area contributed by atoms with Gasteiger partial charge in [0.05, 0.1) is 4.90 Å². The summed E-state index contributed by atoms with van der Waals surface area (Å²) in [5.74, 6) is 0. The molecular weight excluding hydrogens is 226 g/mol. The summed E-state index contributed by atoms with van der Waals surface area (Å²) in [4.78, 5) is -0.0859. The maximum absolute atomic E-state index is 10.9. The fourth-order valence-electron chi connectivity index (χ4n) is 1.54. The first-order valence-corrected chi connectivity index (χ1v) is 6.14. The maximum Gasteiger partial charge on any atom is 0.294 e. The van der Waals surface area contributed by atoms with Crippen LogP contribution in [0.2, 0.25) is 0 Å². The summed E-state index contributed by atoms with van der Waals surface area (Å²) in [7, 11) is -2.31. The molecule has 0 fully saturated rings. The lowest BCUT2D eigenvalue weighted by molar-refractivity contribution is 0.483. The van der Waals surface area contributed by atoms with E-state index in [2.05, 4.69) is 5.32 Å². The highest BCUT2D eigenvalue weighted by Crippen LogP contribution is 2.22. The molecule has 2 aromatic carbocycles. The number of rotatable bonds is 2. The van der Waals surface area contributed by atoms with Crippen molar-refractivity contribution in [3.05, 3.63) is 36.4 Å². The van der Waals surface area contributed by atoms with Gasteiger partial charge in [0.1, 0.15) is 0 Å². The number of hydrogen-bond donors (Lipinski definition) is 2. The molecule has 0 unspecified atom stereocenters. The van der Waals surface area contributed by atoms with Crippen molar-refractivity contribution in [2.24, 2.45) is 0 Å². The molecule has 0 bridgehead atoms. The van der Waals surface area contributed by atoms with Crippen LogP contribution in [0.15, 0.2) is 41.3 Å². The lowest BCUT2D eigenvalue weighted by Gasteiger charge is -2.04. The molecule has 84 valence electrons. The number of anilines is 1. The van der Waals surface area contributed by atoms with Gasteiger partial charge in [-0.15, -0.1) is 0 Å². The van der Waals surface area contributed by atoms with Crippen LogP contribution < -0.4 is 5.32 Å². The van der Waals surface area contributed by atoms with E-state index in [0.717, 1.165) is 16.5 Å². The number of fused-ring (bicyclic) bond motifs is 1. The van der Waals surface area contributed by atoms with Gasteiger partial charge in [-0.2, -0.15) is 8.42 Å². The van der Waals surface area contributed by atoms with Crippen molar-refractivity contribution in [1.82, 2.24) is 0 Å². The Morgan fingerprint density at radius 3 is 2.31 bits per heavy atom. The van der Waals surface area contributed by atoms with Gasteiger partial charge >= 0.3 is 0 Å². The average Bonchev–Trinajstić information content (AvgIpc) is 2.26. The fourth-order valence-corrected chi connectivity index (χ4v) is 2.06. The van der Waals surface area contributed by atoms with E-state index in [0.29, 0.717) is 0 Å². The van der Waals surface area contributed by atoms with Crippen LogP contribution in [0.4, 0.5) is 5.69 Å². The topological polar surface area (TPSA) is 66.4 Å². The second kappa shape index (κ2) is 3.77. The third-order valence-electron chi connectivity index (χ3n) is 2.40. The molecule has 4 nitrogen and oxygen atoms in total. The minimum absolute atomic E-state index is 0.0859. The molecule has 0 radical (unpaired) electrons. The minimum Gasteiger partial charge on any atom is -0.388 e. The average molecular weight is 237 g/mol. The van der Waals surface area contributed by atoms with Gasteiger partial charge in [0, 0.05) is 12.7 Å². The van der Waals surface area contributed by atoms with Gasteiger partial charge in [-0.05, 0) is 35.0 Å². The molecule has 0 heterocycles. The lowest BCUT2D eigenvalue weighted by atomic mass is 10.1. The SMILES string of the molecule is CNc1ccc2cc(S(=O)(=O)O)ccc2c1. The molecule has 0 spiro atoms. The summed E-state index contributed by atoms with van der Waals surface area (Å²) in [6, 6.07) is 10.1. The van der Waals surface area contributed by atoms with E-state index in [1.54, 1.807) is 12.1 Å². The van der Waals surface area contributed by atoms with Crippen LogP contribution in [0.25, 0.3) is 10.8 Å². The Balaban J connectivity index is 2.65. The van der Waals surface area contributed by atoms with Crippen molar-refractivity contribution < 1.29 is 13.0 Å². The van der Waals surface area contributed by atoms with Gasteiger partial charge in [0.2, 0.25) is 0 Å². The van der Waals surface area contributed by atoms with E-state index in [4.69, 9.17) is 4.55 Å². The first-order valence-electron chi connectivity index (χ1n) is 4.70. The van der Waals surface area contributed by atoms with Crippen LogP contribution in [0.5, 0.6) is 0 Å². The van der Waals surface area contributed by atoms with E-state index in [-0.39, 0.29) is 4.90 Å². The summed E-state index contributed by atoms with van der Waals surface area (Å²) in [5.41, 5.74) is 0.951. The monoisotopic (exact) mass is 237 g/mol. The van der Waals surface area contributed by atoms with Crippen LogP contribution >= 0.6 is 0 Å². The Hall–Kier alpha value is -1.59. The molecule has 0 aliphatic carbocycles. The van der Waals surface area contributed by atoms with Crippen molar-refractivity contribution in [1.29, 1.82) is 0 Å². The quantitative estimate of drug-likeness (QED) is 0.785. The molecule has 0 atom stereocenters. The minimum atomic E-state index is -4.13. The lowest BCUT2D eigenvalue weighted by Crippen LogP contribution is -1.97. The molecule has 0 saturated heterocycles. The second-order valence-electron chi connectivity index (χ2n) is 3.45. The molecule has 16 heavy (non-hydrogen) atoms. The summed E-state index contributed by atoms with van der Waals surface area (Å²) >= 11 is 0. The molecule has 0 saturated carbocycles. The zero-order chi connectivity index (χ0) is 11.8. The normalized spacial score (nSPS) is 11.6. The fraction of sp³-hybridized carbons (Fsp3) is 0.0909. The van der Waals surface area contributed by atoms with Crippen molar-refractivity contribution in [2.75, 3.05) is 12.4 Å². The van der Waals surface area contributed by atoms with E-state index in [1.165, 1.54) is 12.1 Å². The zero-order valence-corrected chi connectivity index (χ0v) is 9.45. The van der Waals surface area contributed by atoms with Crippen LogP contribution in [0.1, 0.15) is 0 Å². The first kappa shape index (κ1) is 10.9. The van der Waals surface area contributed by atoms with Crippen molar-refractivity contribution in [3.63, 3.8) is 0 Å². The van der Waals surface area contributed by atoms with Crippen molar-refractivity contribution >= 4 is 26.6 Å². The van der Waals surface area contributed by atoms with Gasteiger partial charge < -0.3 is 5.32 Å². The molecule has 0 aromatic heterocycles. The number of benzene rings is 2. The van der Waals surface area contributed by atoms with Gasteiger partial charge in [-0.3, -0.25) is 4.55 Å². The molecule has 2 aromatic rings. The highest BCUT2D eigenvalue weighted by atomic mass is 32.2. The highest BCUT2D eigenvalue weighted by molar-refractivity contribution is 7.85. The van der Waals surface area contributed by atoms with E-state index in [9.17, 15) is 8.42 Å². The highest BCUT2D eigenvalue weighted by Gasteiger charge is 2.09. The molecule has 0 aliphatic heterocycles. The summed E-state index contributed by atoms with van der Waals surface area (Å²) in [5, 5.41) is 4.68. The van der Waals surface area contributed by atoms with E-state index < -0.39 is 10.1 Å². The molecule has 5 heteroatoms. The Kier molecular flexibility index (Phi) is 2.57. The summed E-state index contributed by atoms with van der Waals surface area (Å²) in [6.07, 6.45) is 0. The smallest absolute Gasteiger partial charge is 0.294 e. The molecule has 2 rings (SSSR count). The van der Waals surface area contributed by atoms with E-state index >= 15 is 0 Å². The third-order valence-corrected chi connectivity index (χ3v) is 3.25. The summed E-state index contributed by atoms with van der Waals surface area (Å²) in [6.45, 7) is 0. The summed E-state index contributed by atoms with van der Waals surface area (Å²) < 4.78 is 30.8. The van der Waals surface area contributed by atoms with E-state index in [1.807, 2.05) is 19.2 Å². The molecule has 0 amide bonds. The molecular formula is C11H11NO3S. The molecule has 0 aliphatic rings. The number of nitrogens with one attached hydrogen (secondary N) is 1. The second-order valence-corrected chi connectivity index (χ2v) is 4.87. The Labute approximate surface area is 93.7 Å². The third kappa shape index (κ3) is 2.00. The first-order chi connectivity index (χ1) is 7.50. The van der Waals surface area contributed by atoms with Crippen molar-refractivity contribution in [3.8, 4) is 0 Å². The number of hydrogen-bond acceptors (Lipinski definition) is 3. The zero-order valence-electron chi connectivity index (χ0n) is 8.64. The van der Waals surface area contributed by atoms with Crippen LogP contribution in [-0.2, 0) is 10.1 Å².